The van der Waals surface area contributed by atoms with Crippen LogP contribution in [0.2, 0.25) is 5.02 Å². The van der Waals surface area contributed by atoms with Crippen molar-refractivity contribution in [2.75, 3.05) is 12.4 Å². The molecular weight excluding hydrogens is 434 g/mol. The van der Waals surface area contributed by atoms with Crippen LogP contribution in [0.1, 0.15) is 30.5 Å². The summed E-state index contributed by atoms with van der Waals surface area (Å²) in [5.74, 6) is 0.495. The molecule has 0 spiro atoms. The molecule has 0 aliphatic heterocycles. The maximum Gasteiger partial charge on any atom is 0.248 e. The molecule has 5 heteroatoms. The van der Waals surface area contributed by atoms with Gasteiger partial charge >= 0.3 is 0 Å². The second-order valence-corrected chi connectivity index (χ2v) is 8.42. The molecule has 3 aromatic carbocycles. The van der Waals surface area contributed by atoms with Gasteiger partial charge in [0.1, 0.15) is 11.3 Å². The van der Waals surface area contributed by atoms with E-state index in [2.05, 4.69) is 12.2 Å². The number of furan rings is 1. The van der Waals surface area contributed by atoms with Gasteiger partial charge in [0.05, 0.1) is 13.4 Å². The SMILES string of the molecule is CCc1ccc(NC(=O)/C=C(\C)c2cc3c(-c4ccc(Cl)cc4)coc3c(C)c2OC)cc1. The van der Waals surface area contributed by atoms with Gasteiger partial charge in [0.15, 0.2) is 0 Å². The Labute approximate surface area is 198 Å². The van der Waals surface area contributed by atoms with Crippen molar-refractivity contribution < 1.29 is 13.9 Å². The maximum absolute atomic E-state index is 12.7. The Balaban J connectivity index is 1.72. The summed E-state index contributed by atoms with van der Waals surface area (Å²) in [6.45, 7) is 5.97. The minimum absolute atomic E-state index is 0.193. The zero-order valence-corrected chi connectivity index (χ0v) is 19.9. The van der Waals surface area contributed by atoms with Crippen molar-refractivity contribution >= 4 is 39.7 Å². The van der Waals surface area contributed by atoms with E-state index >= 15 is 0 Å². The van der Waals surface area contributed by atoms with Gasteiger partial charge in [-0.25, -0.2) is 0 Å². The van der Waals surface area contributed by atoms with Gasteiger partial charge in [-0.1, -0.05) is 42.8 Å². The predicted octanol–water partition coefficient (Wildman–Crippen LogP) is 7.67. The molecule has 0 bridgehead atoms. The summed E-state index contributed by atoms with van der Waals surface area (Å²) in [4.78, 5) is 12.7. The average molecular weight is 460 g/mol. The standard InChI is InChI=1S/C28H26ClNO3/c1-5-19-6-12-22(13-7-19)30-26(31)14-17(2)23-15-24-25(20-8-10-21(29)11-9-20)16-33-28(24)18(3)27(23)32-4/h6-16H,5H2,1-4H3,(H,30,31)/b17-14+. The van der Waals surface area contributed by atoms with E-state index in [1.54, 1.807) is 19.4 Å². The molecule has 4 aromatic rings. The Hall–Kier alpha value is -3.50. The number of halogens is 1. The normalized spacial score (nSPS) is 11.6. The molecule has 1 N–H and O–H groups in total. The highest BCUT2D eigenvalue weighted by Gasteiger charge is 2.19. The first-order valence-corrected chi connectivity index (χ1v) is 11.2. The van der Waals surface area contributed by atoms with Crippen LogP contribution in [0.3, 0.4) is 0 Å². The number of ether oxygens (including phenoxy) is 1. The quantitative estimate of drug-likeness (QED) is 0.301. The number of anilines is 1. The number of rotatable bonds is 6. The van der Waals surface area contributed by atoms with E-state index in [4.69, 9.17) is 20.8 Å². The highest BCUT2D eigenvalue weighted by Crippen LogP contribution is 2.40. The fraction of sp³-hybridized carbons (Fsp3) is 0.179. The first-order chi connectivity index (χ1) is 15.9. The number of fused-ring (bicyclic) bond motifs is 1. The Kier molecular flexibility index (Phi) is 6.57. The molecule has 33 heavy (non-hydrogen) atoms. The lowest BCUT2D eigenvalue weighted by Crippen LogP contribution is -2.08. The monoisotopic (exact) mass is 459 g/mol. The summed E-state index contributed by atoms with van der Waals surface area (Å²) in [6, 6.07) is 17.5. The fourth-order valence-electron chi connectivity index (χ4n) is 4.00. The molecule has 4 nitrogen and oxygen atoms in total. The van der Waals surface area contributed by atoms with E-state index in [1.165, 1.54) is 5.56 Å². The van der Waals surface area contributed by atoms with Crippen molar-refractivity contribution in [1.29, 1.82) is 0 Å². The van der Waals surface area contributed by atoms with Gasteiger partial charge in [-0.3, -0.25) is 4.79 Å². The summed E-state index contributed by atoms with van der Waals surface area (Å²) in [7, 11) is 1.63. The smallest absolute Gasteiger partial charge is 0.248 e. The largest absolute Gasteiger partial charge is 0.496 e. The molecule has 1 amide bonds. The first kappa shape index (κ1) is 22.7. The van der Waals surface area contributed by atoms with Crippen LogP contribution < -0.4 is 10.1 Å². The molecule has 4 rings (SSSR count). The number of carbonyl (C=O) groups is 1. The van der Waals surface area contributed by atoms with Gasteiger partial charge in [-0.05, 0) is 67.3 Å². The zero-order chi connectivity index (χ0) is 23.5. The highest BCUT2D eigenvalue weighted by atomic mass is 35.5. The van der Waals surface area contributed by atoms with E-state index in [1.807, 2.05) is 68.4 Å². The second kappa shape index (κ2) is 9.55. The van der Waals surface area contributed by atoms with Crippen LogP contribution in [0.4, 0.5) is 5.69 Å². The zero-order valence-electron chi connectivity index (χ0n) is 19.2. The molecule has 1 aromatic heterocycles. The summed E-state index contributed by atoms with van der Waals surface area (Å²) in [5, 5.41) is 4.57. The molecule has 0 radical (unpaired) electrons. The highest BCUT2D eigenvalue weighted by molar-refractivity contribution is 6.30. The molecule has 0 fully saturated rings. The molecule has 168 valence electrons. The number of aryl methyl sites for hydroxylation is 2. The number of hydrogen-bond acceptors (Lipinski definition) is 3. The number of methoxy groups -OCH3 is 1. The third kappa shape index (κ3) is 4.67. The Morgan fingerprint density at radius 3 is 2.45 bits per heavy atom. The van der Waals surface area contributed by atoms with E-state index in [0.29, 0.717) is 10.8 Å². The molecule has 0 aliphatic carbocycles. The molecule has 0 saturated heterocycles. The van der Waals surface area contributed by atoms with E-state index in [9.17, 15) is 4.79 Å². The van der Waals surface area contributed by atoms with E-state index < -0.39 is 0 Å². The first-order valence-electron chi connectivity index (χ1n) is 10.8. The molecule has 0 aliphatic rings. The number of hydrogen-bond donors (Lipinski definition) is 1. The molecule has 0 atom stereocenters. The summed E-state index contributed by atoms with van der Waals surface area (Å²) in [6.07, 6.45) is 4.30. The number of amides is 1. The second-order valence-electron chi connectivity index (χ2n) is 7.98. The van der Waals surface area contributed by atoms with Crippen LogP contribution in [0.25, 0.3) is 27.7 Å². The van der Waals surface area contributed by atoms with Crippen LogP contribution in [0.15, 0.2) is 71.4 Å². The van der Waals surface area contributed by atoms with Crippen molar-refractivity contribution in [1.82, 2.24) is 0 Å². The number of nitrogens with one attached hydrogen (secondary N) is 1. The third-order valence-electron chi connectivity index (χ3n) is 5.81. The summed E-state index contributed by atoms with van der Waals surface area (Å²) in [5.41, 5.74) is 7.23. The lowest BCUT2D eigenvalue weighted by atomic mass is 9.96. The Bertz CT molecular complexity index is 1330. The average Bonchev–Trinajstić information content (AvgIpc) is 3.24. The minimum Gasteiger partial charge on any atom is -0.496 e. The molecule has 0 saturated carbocycles. The Morgan fingerprint density at radius 2 is 1.82 bits per heavy atom. The van der Waals surface area contributed by atoms with Crippen molar-refractivity contribution in [2.24, 2.45) is 0 Å². The number of carbonyl (C=O) groups excluding carboxylic acids is 1. The van der Waals surface area contributed by atoms with Crippen molar-refractivity contribution in [3.63, 3.8) is 0 Å². The molecule has 1 heterocycles. The van der Waals surface area contributed by atoms with Crippen molar-refractivity contribution in [3.8, 4) is 16.9 Å². The topological polar surface area (TPSA) is 51.5 Å². The predicted molar refractivity (Wildman–Crippen MR) is 136 cm³/mol. The van der Waals surface area contributed by atoms with Gasteiger partial charge in [0.25, 0.3) is 0 Å². The molecular formula is C28H26ClNO3. The van der Waals surface area contributed by atoms with Crippen LogP contribution in [-0.4, -0.2) is 13.0 Å². The van der Waals surface area contributed by atoms with Gasteiger partial charge in [0.2, 0.25) is 5.91 Å². The summed E-state index contributed by atoms with van der Waals surface area (Å²) >= 11 is 6.06. The number of benzene rings is 3. The van der Waals surface area contributed by atoms with Gasteiger partial charge in [0, 0.05) is 38.9 Å². The third-order valence-corrected chi connectivity index (χ3v) is 6.06. The van der Waals surface area contributed by atoms with Crippen molar-refractivity contribution in [2.45, 2.75) is 27.2 Å². The molecule has 0 unspecified atom stereocenters. The van der Waals surface area contributed by atoms with E-state index in [0.717, 1.165) is 50.9 Å². The van der Waals surface area contributed by atoms with Crippen molar-refractivity contribution in [3.05, 3.63) is 88.6 Å². The van der Waals surface area contributed by atoms with E-state index in [-0.39, 0.29) is 5.91 Å². The van der Waals surface area contributed by atoms with Crippen LogP contribution in [0.5, 0.6) is 5.75 Å². The minimum atomic E-state index is -0.193. The van der Waals surface area contributed by atoms with Crippen LogP contribution in [0, 0.1) is 6.92 Å². The Morgan fingerprint density at radius 1 is 1.12 bits per heavy atom. The summed E-state index contributed by atoms with van der Waals surface area (Å²) < 4.78 is 11.6. The lowest BCUT2D eigenvalue weighted by molar-refractivity contribution is -0.111. The number of allylic oxidation sites excluding steroid dienone is 1. The van der Waals surface area contributed by atoms with Gasteiger partial charge < -0.3 is 14.5 Å². The van der Waals surface area contributed by atoms with Gasteiger partial charge in [-0.2, -0.15) is 0 Å². The fourth-order valence-corrected chi connectivity index (χ4v) is 4.13. The maximum atomic E-state index is 12.7. The van der Waals surface area contributed by atoms with Crippen LogP contribution >= 0.6 is 11.6 Å². The lowest BCUT2D eigenvalue weighted by Gasteiger charge is -2.13. The van der Waals surface area contributed by atoms with Gasteiger partial charge in [-0.15, -0.1) is 0 Å². The van der Waals surface area contributed by atoms with Crippen LogP contribution in [-0.2, 0) is 11.2 Å².